The average molecular weight is 337 g/mol. The third kappa shape index (κ3) is 5.12. The fourth-order valence-corrected chi connectivity index (χ4v) is 3.59. The number of benzene rings is 1. The lowest BCUT2D eigenvalue weighted by atomic mass is 9.89. The SMILES string of the molecule is Cc1ccccc1CCC1CCN(C(=O)CCc2cncnc2)CC1. The molecule has 0 spiro atoms. The molecular formula is C21H27N3O. The first-order valence-corrected chi connectivity index (χ1v) is 9.28. The smallest absolute Gasteiger partial charge is 0.222 e. The molecule has 0 aliphatic carbocycles. The maximum atomic E-state index is 12.4. The van der Waals surface area contributed by atoms with Crippen molar-refractivity contribution in [3.8, 4) is 0 Å². The van der Waals surface area contributed by atoms with Crippen molar-refractivity contribution >= 4 is 5.91 Å². The minimum Gasteiger partial charge on any atom is -0.343 e. The number of piperidine rings is 1. The number of hydrogen-bond donors (Lipinski definition) is 0. The van der Waals surface area contributed by atoms with Crippen molar-refractivity contribution in [2.24, 2.45) is 5.92 Å². The Morgan fingerprint density at radius 3 is 2.56 bits per heavy atom. The van der Waals surface area contributed by atoms with Gasteiger partial charge in [0.2, 0.25) is 5.91 Å². The Hall–Kier alpha value is -2.23. The van der Waals surface area contributed by atoms with Crippen LogP contribution in [0.15, 0.2) is 43.0 Å². The van der Waals surface area contributed by atoms with Gasteiger partial charge in [-0.1, -0.05) is 24.3 Å². The van der Waals surface area contributed by atoms with Crippen molar-refractivity contribution in [2.45, 2.75) is 45.4 Å². The van der Waals surface area contributed by atoms with E-state index in [0.29, 0.717) is 6.42 Å². The lowest BCUT2D eigenvalue weighted by Crippen LogP contribution is -2.38. The van der Waals surface area contributed by atoms with Gasteiger partial charge in [-0.05, 0) is 61.6 Å². The molecule has 0 radical (unpaired) electrons. The summed E-state index contributed by atoms with van der Waals surface area (Å²) >= 11 is 0. The number of hydrogen-bond acceptors (Lipinski definition) is 3. The summed E-state index contributed by atoms with van der Waals surface area (Å²) in [5.74, 6) is 1.01. The van der Waals surface area contributed by atoms with E-state index < -0.39 is 0 Å². The first-order chi connectivity index (χ1) is 12.2. The fraction of sp³-hybridized carbons (Fsp3) is 0.476. The Morgan fingerprint density at radius 2 is 1.84 bits per heavy atom. The molecule has 2 aromatic rings. The highest BCUT2D eigenvalue weighted by Crippen LogP contribution is 2.23. The average Bonchev–Trinajstić information content (AvgIpc) is 2.67. The van der Waals surface area contributed by atoms with Crippen LogP contribution >= 0.6 is 0 Å². The second kappa shape index (κ2) is 8.75. The van der Waals surface area contributed by atoms with E-state index in [2.05, 4.69) is 41.2 Å². The van der Waals surface area contributed by atoms with Crippen LogP contribution in [0.1, 0.15) is 42.4 Å². The Kier molecular flexibility index (Phi) is 6.15. The maximum Gasteiger partial charge on any atom is 0.222 e. The van der Waals surface area contributed by atoms with Gasteiger partial charge in [0.05, 0.1) is 0 Å². The lowest BCUT2D eigenvalue weighted by molar-refractivity contribution is -0.132. The van der Waals surface area contributed by atoms with E-state index >= 15 is 0 Å². The van der Waals surface area contributed by atoms with Crippen LogP contribution in [-0.4, -0.2) is 33.9 Å². The molecule has 1 fully saturated rings. The summed E-state index contributed by atoms with van der Waals surface area (Å²) in [4.78, 5) is 22.4. The lowest BCUT2D eigenvalue weighted by Gasteiger charge is -2.32. The van der Waals surface area contributed by atoms with E-state index in [9.17, 15) is 4.79 Å². The largest absolute Gasteiger partial charge is 0.343 e. The van der Waals surface area contributed by atoms with Gasteiger partial charge in [-0.2, -0.15) is 0 Å². The van der Waals surface area contributed by atoms with Crippen LogP contribution in [0.2, 0.25) is 0 Å². The van der Waals surface area contributed by atoms with Crippen molar-refractivity contribution in [1.29, 1.82) is 0 Å². The van der Waals surface area contributed by atoms with Crippen molar-refractivity contribution in [2.75, 3.05) is 13.1 Å². The molecule has 132 valence electrons. The summed E-state index contributed by atoms with van der Waals surface area (Å²) in [6.07, 6.45) is 11.0. The van der Waals surface area contributed by atoms with Gasteiger partial charge in [-0.25, -0.2) is 9.97 Å². The maximum absolute atomic E-state index is 12.4. The molecule has 2 heterocycles. The van der Waals surface area contributed by atoms with Gasteiger partial charge < -0.3 is 4.90 Å². The zero-order valence-corrected chi connectivity index (χ0v) is 15.0. The number of likely N-dealkylation sites (tertiary alicyclic amines) is 1. The second-order valence-corrected chi connectivity index (χ2v) is 7.04. The molecule has 4 nitrogen and oxygen atoms in total. The van der Waals surface area contributed by atoms with Gasteiger partial charge in [-0.3, -0.25) is 4.79 Å². The standard InChI is InChI=1S/C21H27N3O/c1-17-4-2-3-5-20(17)8-6-18-10-12-24(13-11-18)21(25)9-7-19-14-22-16-23-15-19/h2-5,14-16,18H,6-13H2,1H3. The van der Waals surface area contributed by atoms with E-state index in [1.807, 2.05) is 4.90 Å². The molecule has 4 heteroatoms. The third-order valence-electron chi connectivity index (χ3n) is 5.29. The van der Waals surface area contributed by atoms with E-state index in [0.717, 1.165) is 50.3 Å². The molecule has 1 aromatic carbocycles. The van der Waals surface area contributed by atoms with Crippen molar-refractivity contribution in [3.63, 3.8) is 0 Å². The molecule has 1 aliphatic heterocycles. The summed E-state index contributed by atoms with van der Waals surface area (Å²) in [5, 5.41) is 0. The van der Waals surface area contributed by atoms with Crippen molar-refractivity contribution < 1.29 is 4.79 Å². The molecule has 0 atom stereocenters. The quantitative estimate of drug-likeness (QED) is 0.809. The van der Waals surface area contributed by atoms with E-state index in [1.54, 1.807) is 12.4 Å². The first-order valence-electron chi connectivity index (χ1n) is 9.28. The number of rotatable bonds is 6. The Labute approximate surface area is 150 Å². The van der Waals surface area contributed by atoms with Crippen LogP contribution in [0.3, 0.4) is 0 Å². The number of carbonyl (C=O) groups excluding carboxylic acids is 1. The zero-order chi connectivity index (χ0) is 17.5. The summed E-state index contributed by atoms with van der Waals surface area (Å²) in [6, 6.07) is 8.65. The fourth-order valence-electron chi connectivity index (χ4n) is 3.59. The van der Waals surface area contributed by atoms with Crippen molar-refractivity contribution in [1.82, 2.24) is 14.9 Å². The molecule has 1 aliphatic rings. The number of aromatic nitrogens is 2. The molecule has 25 heavy (non-hydrogen) atoms. The monoisotopic (exact) mass is 337 g/mol. The van der Waals surface area contributed by atoms with Crippen LogP contribution in [-0.2, 0) is 17.6 Å². The topological polar surface area (TPSA) is 46.1 Å². The summed E-state index contributed by atoms with van der Waals surface area (Å²) < 4.78 is 0. The van der Waals surface area contributed by atoms with Crippen LogP contribution in [0, 0.1) is 12.8 Å². The van der Waals surface area contributed by atoms with E-state index in [-0.39, 0.29) is 5.91 Å². The first kappa shape index (κ1) is 17.6. The van der Waals surface area contributed by atoms with E-state index in [4.69, 9.17) is 0 Å². The van der Waals surface area contributed by atoms with Gasteiger partial charge in [0.15, 0.2) is 0 Å². The Morgan fingerprint density at radius 1 is 1.12 bits per heavy atom. The van der Waals surface area contributed by atoms with Gasteiger partial charge in [0, 0.05) is 31.9 Å². The van der Waals surface area contributed by atoms with Crippen LogP contribution in [0.5, 0.6) is 0 Å². The van der Waals surface area contributed by atoms with Crippen LogP contribution in [0.25, 0.3) is 0 Å². The minimum atomic E-state index is 0.265. The van der Waals surface area contributed by atoms with Crippen molar-refractivity contribution in [3.05, 3.63) is 59.7 Å². The molecule has 0 saturated carbocycles. The Bertz CT molecular complexity index is 679. The number of carbonyl (C=O) groups is 1. The number of amides is 1. The van der Waals surface area contributed by atoms with Gasteiger partial charge in [-0.15, -0.1) is 0 Å². The number of aryl methyl sites for hydroxylation is 3. The highest BCUT2D eigenvalue weighted by atomic mass is 16.2. The van der Waals surface area contributed by atoms with Gasteiger partial charge in [0.25, 0.3) is 0 Å². The Balaban J connectivity index is 1.39. The number of nitrogens with zero attached hydrogens (tertiary/aromatic N) is 3. The molecule has 0 bridgehead atoms. The molecule has 1 amide bonds. The molecule has 1 aromatic heterocycles. The third-order valence-corrected chi connectivity index (χ3v) is 5.29. The van der Waals surface area contributed by atoms with Crippen LogP contribution < -0.4 is 0 Å². The second-order valence-electron chi connectivity index (χ2n) is 7.04. The van der Waals surface area contributed by atoms with E-state index in [1.165, 1.54) is 23.9 Å². The normalized spacial score (nSPS) is 15.3. The molecule has 0 unspecified atom stereocenters. The molecule has 1 saturated heterocycles. The highest BCUT2D eigenvalue weighted by Gasteiger charge is 2.22. The minimum absolute atomic E-state index is 0.265. The van der Waals surface area contributed by atoms with Gasteiger partial charge in [0.1, 0.15) is 6.33 Å². The summed E-state index contributed by atoms with van der Waals surface area (Å²) in [6.45, 7) is 4.00. The zero-order valence-electron chi connectivity index (χ0n) is 15.0. The summed E-state index contributed by atoms with van der Waals surface area (Å²) in [7, 11) is 0. The van der Waals surface area contributed by atoms with Crippen LogP contribution in [0.4, 0.5) is 0 Å². The summed E-state index contributed by atoms with van der Waals surface area (Å²) in [5.41, 5.74) is 3.88. The predicted molar refractivity (Wildman–Crippen MR) is 99.2 cm³/mol. The molecular weight excluding hydrogens is 310 g/mol. The van der Waals surface area contributed by atoms with Gasteiger partial charge >= 0.3 is 0 Å². The molecule has 0 N–H and O–H groups in total. The highest BCUT2D eigenvalue weighted by molar-refractivity contribution is 5.76. The molecule has 3 rings (SSSR count). The predicted octanol–water partition coefficient (Wildman–Crippen LogP) is 3.59.